The minimum absolute atomic E-state index is 0. The molecule has 0 aliphatic rings. The molecule has 0 fully saturated rings. The zero-order chi connectivity index (χ0) is 9.14. The quantitative estimate of drug-likeness (QED) is 0.886. The molecule has 1 nitrogen and oxygen atoms in total. The van der Waals surface area contributed by atoms with Crippen molar-refractivity contribution in [3.63, 3.8) is 0 Å². The molecule has 5 heteroatoms. The van der Waals surface area contributed by atoms with E-state index >= 15 is 0 Å². The van der Waals surface area contributed by atoms with E-state index in [1.807, 2.05) is 0 Å². The molecule has 0 spiro atoms. The number of benzene rings is 1. The summed E-state index contributed by atoms with van der Waals surface area (Å²) in [4.78, 5) is 0. The molecule has 1 rings (SSSR count). The molecular weight excluding hydrogens is 280 g/mol. The highest BCUT2D eigenvalue weighted by atomic mass is 79.9. The van der Waals surface area contributed by atoms with Gasteiger partial charge in [0.15, 0.2) is 0 Å². The first-order chi connectivity index (χ1) is 5.65. The predicted octanol–water partition coefficient (Wildman–Crippen LogP) is 3.49. The zero-order valence-electron chi connectivity index (χ0n) is 6.64. The van der Waals surface area contributed by atoms with Crippen LogP contribution in [0.5, 0.6) is 0 Å². The third-order valence-corrected chi connectivity index (χ3v) is 2.36. The van der Waals surface area contributed by atoms with Gasteiger partial charge >= 0.3 is 0 Å². The summed E-state index contributed by atoms with van der Waals surface area (Å²) in [5.74, 6) is 0. The van der Waals surface area contributed by atoms with Gasteiger partial charge in [0.05, 0.1) is 6.04 Å². The van der Waals surface area contributed by atoms with E-state index in [9.17, 15) is 4.39 Å². The molecule has 1 aromatic carbocycles. The van der Waals surface area contributed by atoms with Crippen molar-refractivity contribution < 1.29 is 4.39 Å². The third kappa shape index (κ3) is 3.43. The SMILES string of the molecule is Cl.N[C@H](CF)c1cc(Br)ccc1Cl. The van der Waals surface area contributed by atoms with Crippen molar-refractivity contribution in [3.05, 3.63) is 33.3 Å². The number of hydrogen-bond donors (Lipinski definition) is 1. The monoisotopic (exact) mass is 287 g/mol. The fourth-order valence-corrected chi connectivity index (χ4v) is 1.52. The fraction of sp³-hybridized carbons (Fsp3) is 0.250. The lowest BCUT2D eigenvalue weighted by molar-refractivity contribution is 0.437. The first-order valence-electron chi connectivity index (χ1n) is 3.41. The highest BCUT2D eigenvalue weighted by Crippen LogP contribution is 2.25. The lowest BCUT2D eigenvalue weighted by atomic mass is 10.1. The Hall–Kier alpha value is 0.170. The second-order valence-electron chi connectivity index (χ2n) is 2.43. The number of alkyl halides is 1. The summed E-state index contributed by atoms with van der Waals surface area (Å²) in [5.41, 5.74) is 6.12. The Balaban J connectivity index is 0.00000144. The Morgan fingerprint density at radius 2 is 2.15 bits per heavy atom. The largest absolute Gasteiger partial charge is 0.322 e. The normalized spacial score (nSPS) is 12.0. The van der Waals surface area contributed by atoms with Crippen molar-refractivity contribution in [3.8, 4) is 0 Å². The predicted molar refractivity (Wildman–Crippen MR) is 59.3 cm³/mol. The molecular formula is C8H9BrCl2FN. The van der Waals surface area contributed by atoms with Crippen molar-refractivity contribution in [2.24, 2.45) is 5.73 Å². The Kier molecular flexibility index (Phi) is 5.88. The second kappa shape index (κ2) is 5.81. The van der Waals surface area contributed by atoms with E-state index < -0.39 is 12.7 Å². The zero-order valence-corrected chi connectivity index (χ0v) is 9.79. The van der Waals surface area contributed by atoms with E-state index in [0.717, 1.165) is 4.47 Å². The minimum Gasteiger partial charge on any atom is -0.322 e. The van der Waals surface area contributed by atoms with Crippen LogP contribution in [0.25, 0.3) is 0 Å². The maximum Gasteiger partial charge on any atom is 0.109 e. The van der Waals surface area contributed by atoms with Crippen LogP contribution in [-0.2, 0) is 0 Å². The average molecular weight is 289 g/mol. The molecule has 0 unspecified atom stereocenters. The molecule has 0 saturated carbocycles. The van der Waals surface area contributed by atoms with Crippen LogP contribution >= 0.6 is 39.9 Å². The molecule has 0 saturated heterocycles. The van der Waals surface area contributed by atoms with Gasteiger partial charge in [0, 0.05) is 9.50 Å². The molecule has 1 aromatic rings. The van der Waals surface area contributed by atoms with Crippen LogP contribution in [0.4, 0.5) is 4.39 Å². The van der Waals surface area contributed by atoms with Crippen LogP contribution in [0.1, 0.15) is 11.6 Å². The lowest BCUT2D eigenvalue weighted by Crippen LogP contribution is -2.12. The first-order valence-corrected chi connectivity index (χ1v) is 4.58. The maximum atomic E-state index is 12.2. The molecule has 2 N–H and O–H groups in total. The third-order valence-electron chi connectivity index (χ3n) is 1.52. The molecule has 74 valence electrons. The molecule has 0 heterocycles. The molecule has 1 atom stereocenters. The number of rotatable bonds is 2. The van der Waals surface area contributed by atoms with Gasteiger partial charge in [-0.1, -0.05) is 27.5 Å². The van der Waals surface area contributed by atoms with Crippen molar-refractivity contribution in [1.29, 1.82) is 0 Å². The summed E-state index contributed by atoms with van der Waals surface area (Å²) in [5, 5.41) is 0.503. The van der Waals surface area contributed by atoms with Gasteiger partial charge in [-0.3, -0.25) is 0 Å². The summed E-state index contributed by atoms with van der Waals surface area (Å²) < 4.78 is 13.0. The van der Waals surface area contributed by atoms with Gasteiger partial charge in [0.1, 0.15) is 6.67 Å². The fourth-order valence-electron chi connectivity index (χ4n) is 0.882. The minimum atomic E-state index is -0.630. The molecule has 0 aliphatic heterocycles. The van der Waals surface area contributed by atoms with Crippen LogP contribution in [-0.4, -0.2) is 6.67 Å². The van der Waals surface area contributed by atoms with Crippen molar-refractivity contribution in [2.45, 2.75) is 6.04 Å². The van der Waals surface area contributed by atoms with Crippen LogP contribution in [0.15, 0.2) is 22.7 Å². The first kappa shape index (κ1) is 13.2. The van der Waals surface area contributed by atoms with E-state index in [2.05, 4.69) is 15.9 Å². The summed E-state index contributed by atoms with van der Waals surface area (Å²) in [6.07, 6.45) is 0. The van der Waals surface area contributed by atoms with Crippen LogP contribution < -0.4 is 5.73 Å². The number of hydrogen-bond acceptors (Lipinski definition) is 1. The highest BCUT2D eigenvalue weighted by Gasteiger charge is 2.09. The van der Waals surface area contributed by atoms with E-state index in [-0.39, 0.29) is 12.4 Å². The Morgan fingerprint density at radius 3 is 2.69 bits per heavy atom. The number of halogens is 4. The van der Waals surface area contributed by atoms with Gasteiger partial charge in [-0.25, -0.2) is 4.39 Å². The van der Waals surface area contributed by atoms with E-state index in [0.29, 0.717) is 10.6 Å². The maximum absolute atomic E-state index is 12.2. The molecule has 0 aromatic heterocycles. The van der Waals surface area contributed by atoms with Gasteiger partial charge in [0.2, 0.25) is 0 Å². The molecule has 0 aliphatic carbocycles. The van der Waals surface area contributed by atoms with E-state index in [1.54, 1.807) is 18.2 Å². The summed E-state index contributed by atoms with van der Waals surface area (Å²) in [7, 11) is 0. The van der Waals surface area contributed by atoms with Crippen molar-refractivity contribution in [2.75, 3.05) is 6.67 Å². The topological polar surface area (TPSA) is 26.0 Å². The molecule has 0 radical (unpaired) electrons. The van der Waals surface area contributed by atoms with E-state index in [1.165, 1.54) is 0 Å². The van der Waals surface area contributed by atoms with Crippen molar-refractivity contribution >= 4 is 39.9 Å². The molecule has 13 heavy (non-hydrogen) atoms. The Morgan fingerprint density at radius 1 is 1.54 bits per heavy atom. The van der Waals surface area contributed by atoms with Crippen LogP contribution in [0.3, 0.4) is 0 Å². The Labute approximate surface area is 96.0 Å². The van der Waals surface area contributed by atoms with Gasteiger partial charge < -0.3 is 5.73 Å². The standard InChI is InChI=1S/C8H8BrClFN.ClH/c9-5-1-2-7(10)6(3-5)8(12)4-11;/h1-3,8H,4,12H2;1H/t8-;/m1./s1. The van der Waals surface area contributed by atoms with Gasteiger partial charge in [-0.2, -0.15) is 0 Å². The second-order valence-corrected chi connectivity index (χ2v) is 3.75. The molecule has 0 amide bonds. The summed E-state index contributed by atoms with van der Waals surface area (Å²) in [6.45, 7) is -0.601. The van der Waals surface area contributed by atoms with Crippen LogP contribution in [0.2, 0.25) is 5.02 Å². The van der Waals surface area contributed by atoms with Crippen molar-refractivity contribution in [1.82, 2.24) is 0 Å². The lowest BCUT2D eigenvalue weighted by Gasteiger charge is -2.09. The molecule has 0 bridgehead atoms. The van der Waals surface area contributed by atoms with Crippen LogP contribution in [0, 0.1) is 0 Å². The summed E-state index contributed by atoms with van der Waals surface area (Å²) in [6, 6.07) is 4.58. The van der Waals surface area contributed by atoms with E-state index in [4.69, 9.17) is 17.3 Å². The van der Waals surface area contributed by atoms with Gasteiger partial charge in [-0.15, -0.1) is 12.4 Å². The highest BCUT2D eigenvalue weighted by molar-refractivity contribution is 9.10. The summed E-state index contributed by atoms with van der Waals surface area (Å²) >= 11 is 9.06. The smallest absolute Gasteiger partial charge is 0.109 e. The van der Waals surface area contributed by atoms with Gasteiger partial charge in [-0.05, 0) is 23.8 Å². The van der Waals surface area contributed by atoms with Gasteiger partial charge in [0.25, 0.3) is 0 Å². The number of nitrogens with two attached hydrogens (primary N) is 1. The average Bonchev–Trinajstić information content (AvgIpc) is 2.08. The Bertz CT molecular complexity index is 283.